The Morgan fingerprint density at radius 3 is 2.65 bits per heavy atom. The van der Waals surface area contributed by atoms with E-state index in [2.05, 4.69) is 4.98 Å². The number of carbonyl (C=O) groups excluding carboxylic acids is 2. The Bertz CT molecular complexity index is 721. The van der Waals surface area contributed by atoms with E-state index in [0.29, 0.717) is 5.56 Å². The Balaban J connectivity index is 2.23. The van der Waals surface area contributed by atoms with Crippen molar-refractivity contribution in [2.24, 2.45) is 0 Å². The molecule has 2 heterocycles. The largest absolute Gasteiger partial charge is 0.463 e. The van der Waals surface area contributed by atoms with Gasteiger partial charge in [0.15, 0.2) is 0 Å². The van der Waals surface area contributed by atoms with E-state index in [4.69, 9.17) is 14.2 Å². The highest BCUT2D eigenvalue weighted by Gasteiger charge is 2.39. The third-order valence-corrected chi connectivity index (χ3v) is 3.40. The molecule has 0 aliphatic carbocycles. The van der Waals surface area contributed by atoms with Gasteiger partial charge in [-0.05, 0) is 6.92 Å². The standard InChI is InChI=1S/C14H18N2O7/c1-7-5-16(14(20)15-13(7)19)12-4-10(22-9(3)18)11(23-12)6-21-8(2)17/h5,10-12H,4,6H2,1-3H3,(H,15,19,20). The van der Waals surface area contributed by atoms with E-state index in [0.717, 1.165) is 0 Å². The van der Waals surface area contributed by atoms with Crippen molar-refractivity contribution < 1.29 is 23.8 Å². The van der Waals surface area contributed by atoms with Gasteiger partial charge in [0.1, 0.15) is 25.0 Å². The molecule has 1 aromatic rings. The number of esters is 2. The minimum atomic E-state index is -0.733. The van der Waals surface area contributed by atoms with Crippen LogP contribution in [0, 0.1) is 6.92 Å². The highest BCUT2D eigenvalue weighted by atomic mass is 16.6. The van der Waals surface area contributed by atoms with Gasteiger partial charge in [-0.3, -0.25) is 23.9 Å². The van der Waals surface area contributed by atoms with Gasteiger partial charge >= 0.3 is 17.6 Å². The van der Waals surface area contributed by atoms with Crippen LogP contribution < -0.4 is 11.2 Å². The molecule has 3 unspecified atom stereocenters. The molecule has 126 valence electrons. The molecule has 0 aromatic carbocycles. The quantitative estimate of drug-likeness (QED) is 0.750. The summed E-state index contributed by atoms with van der Waals surface area (Å²) < 4.78 is 17.0. The number of aryl methyl sites for hydroxylation is 1. The number of nitrogens with one attached hydrogen (secondary N) is 1. The van der Waals surface area contributed by atoms with Crippen molar-refractivity contribution in [2.75, 3.05) is 6.61 Å². The first-order valence-corrected chi connectivity index (χ1v) is 7.06. The van der Waals surface area contributed by atoms with Crippen molar-refractivity contribution in [3.63, 3.8) is 0 Å². The number of carbonyl (C=O) groups is 2. The second kappa shape index (κ2) is 6.78. The first-order valence-electron chi connectivity index (χ1n) is 7.06. The molecule has 1 fully saturated rings. The molecule has 1 aliphatic rings. The summed E-state index contributed by atoms with van der Waals surface area (Å²) in [5.41, 5.74) is -0.752. The summed E-state index contributed by atoms with van der Waals surface area (Å²) in [6.45, 7) is 3.97. The molecule has 0 radical (unpaired) electrons. The number of hydrogen-bond acceptors (Lipinski definition) is 7. The van der Waals surface area contributed by atoms with Crippen LogP contribution in [0.5, 0.6) is 0 Å². The van der Waals surface area contributed by atoms with E-state index in [1.54, 1.807) is 6.92 Å². The molecule has 2 rings (SSSR count). The van der Waals surface area contributed by atoms with E-state index in [1.807, 2.05) is 0 Å². The zero-order valence-corrected chi connectivity index (χ0v) is 13.0. The van der Waals surface area contributed by atoms with E-state index in [-0.39, 0.29) is 13.0 Å². The lowest BCUT2D eigenvalue weighted by Crippen LogP contribution is -2.33. The Morgan fingerprint density at radius 2 is 2.04 bits per heavy atom. The lowest BCUT2D eigenvalue weighted by atomic mass is 10.2. The zero-order chi connectivity index (χ0) is 17.1. The molecule has 3 atom stereocenters. The lowest BCUT2D eigenvalue weighted by molar-refractivity contribution is -0.155. The average Bonchev–Trinajstić information content (AvgIpc) is 2.82. The van der Waals surface area contributed by atoms with Gasteiger partial charge in [-0.2, -0.15) is 0 Å². The van der Waals surface area contributed by atoms with Gasteiger partial charge < -0.3 is 14.2 Å². The molecule has 1 N–H and O–H groups in total. The number of ether oxygens (including phenoxy) is 3. The van der Waals surface area contributed by atoms with Crippen LogP contribution in [0.3, 0.4) is 0 Å². The van der Waals surface area contributed by atoms with E-state index in [1.165, 1.54) is 24.6 Å². The van der Waals surface area contributed by atoms with Crippen LogP contribution in [-0.2, 0) is 23.8 Å². The molecule has 9 nitrogen and oxygen atoms in total. The molecule has 0 bridgehead atoms. The van der Waals surface area contributed by atoms with Crippen LogP contribution in [-0.4, -0.2) is 40.3 Å². The molecule has 0 saturated carbocycles. The summed E-state index contributed by atoms with van der Waals surface area (Å²) in [5.74, 6) is -0.993. The van der Waals surface area contributed by atoms with Gasteiger partial charge in [-0.1, -0.05) is 0 Å². The van der Waals surface area contributed by atoms with Gasteiger partial charge in [-0.15, -0.1) is 0 Å². The summed E-state index contributed by atoms with van der Waals surface area (Å²) in [4.78, 5) is 47.6. The molecular weight excluding hydrogens is 308 g/mol. The number of hydrogen-bond donors (Lipinski definition) is 1. The Morgan fingerprint density at radius 1 is 1.35 bits per heavy atom. The SMILES string of the molecule is CC(=O)OCC1OC(n2cc(C)c(=O)[nH]c2=O)CC1OC(C)=O. The van der Waals surface area contributed by atoms with Crippen molar-refractivity contribution in [1.29, 1.82) is 0 Å². The highest BCUT2D eigenvalue weighted by Crippen LogP contribution is 2.30. The molecule has 1 saturated heterocycles. The van der Waals surface area contributed by atoms with Crippen LogP contribution in [0.25, 0.3) is 0 Å². The van der Waals surface area contributed by atoms with Crippen LogP contribution in [0.1, 0.15) is 32.1 Å². The fourth-order valence-electron chi connectivity index (χ4n) is 2.36. The predicted molar refractivity (Wildman–Crippen MR) is 76.8 cm³/mol. The molecule has 9 heteroatoms. The van der Waals surface area contributed by atoms with Gasteiger partial charge in [-0.25, -0.2) is 4.79 Å². The van der Waals surface area contributed by atoms with Crippen LogP contribution >= 0.6 is 0 Å². The third kappa shape index (κ3) is 4.07. The fraction of sp³-hybridized carbons (Fsp3) is 0.571. The third-order valence-electron chi connectivity index (χ3n) is 3.40. The van der Waals surface area contributed by atoms with Crippen LogP contribution in [0.4, 0.5) is 0 Å². The van der Waals surface area contributed by atoms with Crippen molar-refractivity contribution in [3.8, 4) is 0 Å². The number of rotatable bonds is 4. The maximum absolute atomic E-state index is 11.9. The first-order chi connectivity index (χ1) is 10.8. The maximum atomic E-state index is 11.9. The van der Waals surface area contributed by atoms with Gasteiger partial charge in [0, 0.05) is 32.0 Å². The van der Waals surface area contributed by atoms with Gasteiger partial charge in [0.2, 0.25) is 0 Å². The Hall–Kier alpha value is -2.42. The van der Waals surface area contributed by atoms with Crippen LogP contribution in [0.2, 0.25) is 0 Å². The molecule has 0 amide bonds. The second-order valence-corrected chi connectivity index (χ2v) is 5.29. The topological polar surface area (TPSA) is 117 Å². The molecule has 23 heavy (non-hydrogen) atoms. The summed E-state index contributed by atoms with van der Waals surface area (Å²) in [5, 5.41) is 0. The van der Waals surface area contributed by atoms with Gasteiger partial charge in [0.25, 0.3) is 5.56 Å². The minimum absolute atomic E-state index is 0.0964. The molecule has 1 aromatic heterocycles. The van der Waals surface area contributed by atoms with E-state index in [9.17, 15) is 19.2 Å². The normalized spacial score (nSPS) is 23.5. The number of aromatic amines is 1. The van der Waals surface area contributed by atoms with Crippen molar-refractivity contribution >= 4 is 11.9 Å². The van der Waals surface area contributed by atoms with Crippen molar-refractivity contribution in [3.05, 3.63) is 32.6 Å². The van der Waals surface area contributed by atoms with E-state index < -0.39 is 41.6 Å². The number of H-pyrrole nitrogens is 1. The lowest BCUT2D eigenvalue weighted by Gasteiger charge is -2.17. The summed E-state index contributed by atoms with van der Waals surface area (Å²) in [6.07, 6.45) is -0.493. The smallest absolute Gasteiger partial charge is 0.330 e. The second-order valence-electron chi connectivity index (χ2n) is 5.29. The molecule has 0 spiro atoms. The maximum Gasteiger partial charge on any atom is 0.330 e. The average molecular weight is 326 g/mol. The van der Waals surface area contributed by atoms with Crippen molar-refractivity contribution in [1.82, 2.24) is 9.55 Å². The minimum Gasteiger partial charge on any atom is -0.463 e. The Labute approximate surface area is 131 Å². The highest BCUT2D eigenvalue weighted by molar-refractivity contribution is 5.66. The Kier molecular flexibility index (Phi) is 4.99. The summed E-state index contributed by atoms with van der Waals surface area (Å²) in [7, 11) is 0. The fourth-order valence-corrected chi connectivity index (χ4v) is 2.36. The van der Waals surface area contributed by atoms with E-state index >= 15 is 0 Å². The monoisotopic (exact) mass is 326 g/mol. The molecular formula is C14H18N2O7. The van der Waals surface area contributed by atoms with Crippen molar-refractivity contribution in [2.45, 2.75) is 45.6 Å². The summed E-state index contributed by atoms with van der Waals surface area (Å²) in [6, 6.07) is 0. The van der Waals surface area contributed by atoms with Gasteiger partial charge in [0.05, 0.1) is 0 Å². The molecule has 1 aliphatic heterocycles. The zero-order valence-electron chi connectivity index (χ0n) is 13.0. The first kappa shape index (κ1) is 16.9. The number of nitrogens with zero attached hydrogens (tertiary/aromatic N) is 1. The summed E-state index contributed by atoms with van der Waals surface area (Å²) >= 11 is 0. The predicted octanol–water partition coefficient (Wildman–Crippen LogP) is -0.373. The number of aromatic nitrogens is 2. The van der Waals surface area contributed by atoms with Crippen LogP contribution in [0.15, 0.2) is 15.8 Å².